The van der Waals surface area contributed by atoms with E-state index in [2.05, 4.69) is 31.1 Å². The molecule has 0 amide bonds. The first-order chi connectivity index (χ1) is 6.77. The molecule has 0 aliphatic heterocycles. The Morgan fingerprint density at radius 3 is 2.64 bits per heavy atom. The minimum absolute atomic E-state index is 0.234. The summed E-state index contributed by atoms with van der Waals surface area (Å²) in [6.07, 6.45) is 3.35. The summed E-state index contributed by atoms with van der Waals surface area (Å²) in [5.41, 5.74) is 1.39. The first kappa shape index (κ1) is 9.08. The van der Waals surface area contributed by atoms with Crippen molar-refractivity contribution in [1.82, 2.24) is 15.2 Å². The molecule has 2 rings (SSSR count). The highest BCUT2D eigenvalue weighted by atomic mass is 79.9. The number of aromatic amines is 1. The third-order valence-corrected chi connectivity index (χ3v) is 2.32. The SMILES string of the molecule is O=c1[nH]nc(-c2ccncc2)cc1Br. The van der Waals surface area contributed by atoms with Gasteiger partial charge in [-0.05, 0) is 34.1 Å². The highest BCUT2D eigenvalue weighted by molar-refractivity contribution is 9.10. The number of halogens is 1. The summed E-state index contributed by atoms with van der Waals surface area (Å²) in [5.74, 6) is 0. The number of hydrogen-bond acceptors (Lipinski definition) is 3. The van der Waals surface area contributed by atoms with Crippen LogP contribution in [0.25, 0.3) is 11.3 Å². The van der Waals surface area contributed by atoms with E-state index in [9.17, 15) is 4.79 Å². The summed E-state index contributed by atoms with van der Waals surface area (Å²) < 4.78 is 0.472. The molecular weight excluding hydrogens is 246 g/mol. The van der Waals surface area contributed by atoms with E-state index < -0.39 is 0 Å². The quantitative estimate of drug-likeness (QED) is 0.838. The van der Waals surface area contributed by atoms with Crippen molar-refractivity contribution in [2.45, 2.75) is 0 Å². The van der Waals surface area contributed by atoms with Crippen molar-refractivity contribution in [3.8, 4) is 11.3 Å². The van der Waals surface area contributed by atoms with Crippen molar-refractivity contribution in [2.24, 2.45) is 0 Å². The van der Waals surface area contributed by atoms with Crippen molar-refractivity contribution in [3.63, 3.8) is 0 Å². The molecule has 1 N–H and O–H groups in total. The summed E-state index contributed by atoms with van der Waals surface area (Å²) in [4.78, 5) is 14.9. The van der Waals surface area contributed by atoms with Gasteiger partial charge in [-0.2, -0.15) is 5.10 Å². The van der Waals surface area contributed by atoms with E-state index in [0.717, 1.165) is 5.56 Å². The van der Waals surface area contributed by atoms with Gasteiger partial charge in [0.2, 0.25) is 0 Å². The summed E-state index contributed by atoms with van der Waals surface area (Å²) in [6, 6.07) is 5.33. The highest BCUT2D eigenvalue weighted by Gasteiger charge is 2.01. The molecule has 0 radical (unpaired) electrons. The van der Waals surface area contributed by atoms with Gasteiger partial charge in [0.05, 0.1) is 10.2 Å². The Morgan fingerprint density at radius 2 is 2.00 bits per heavy atom. The molecule has 2 aromatic heterocycles. The summed E-state index contributed by atoms with van der Waals surface area (Å²) in [7, 11) is 0. The Morgan fingerprint density at radius 1 is 1.29 bits per heavy atom. The van der Waals surface area contributed by atoms with Crippen molar-refractivity contribution >= 4 is 15.9 Å². The van der Waals surface area contributed by atoms with Crippen molar-refractivity contribution in [1.29, 1.82) is 0 Å². The first-order valence-electron chi connectivity index (χ1n) is 3.93. The van der Waals surface area contributed by atoms with Crippen LogP contribution in [-0.4, -0.2) is 15.2 Å². The Balaban J connectivity index is 2.54. The van der Waals surface area contributed by atoms with Crippen LogP contribution in [0.2, 0.25) is 0 Å². The predicted molar refractivity (Wildman–Crippen MR) is 55.8 cm³/mol. The van der Waals surface area contributed by atoms with E-state index in [4.69, 9.17) is 0 Å². The molecule has 2 heterocycles. The maximum Gasteiger partial charge on any atom is 0.278 e. The van der Waals surface area contributed by atoms with Crippen LogP contribution in [0.1, 0.15) is 0 Å². The van der Waals surface area contributed by atoms with Crippen LogP contribution >= 0.6 is 15.9 Å². The molecule has 0 aromatic carbocycles. The predicted octanol–water partition coefficient (Wildman–Crippen LogP) is 1.59. The van der Waals surface area contributed by atoms with Crippen LogP contribution in [0.3, 0.4) is 0 Å². The lowest BCUT2D eigenvalue weighted by Crippen LogP contribution is -2.08. The van der Waals surface area contributed by atoms with E-state index in [1.54, 1.807) is 18.5 Å². The lowest BCUT2D eigenvalue weighted by atomic mass is 10.2. The van der Waals surface area contributed by atoms with Crippen molar-refractivity contribution in [2.75, 3.05) is 0 Å². The van der Waals surface area contributed by atoms with Crippen LogP contribution in [0.4, 0.5) is 0 Å². The van der Waals surface area contributed by atoms with Gasteiger partial charge in [-0.3, -0.25) is 9.78 Å². The molecule has 14 heavy (non-hydrogen) atoms. The van der Waals surface area contributed by atoms with Gasteiger partial charge < -0.3 is 0 Å². The Hall–Kier alpha value is -1.49. The van der Waals surface area contributed by atoms with Crippen LogP contribution < -0.4 is 5.56 Å². The van der Waals surface area contributed by atoms with Crippen molar-refractivity contribution in [3.05, 3.63) is 45.4 Å². The fraction of sp³-hybridized carbons (Fsp3) is 0. The molecule has 0 bridgehead atoms. The normalized spacial score (nSPS) is 10.1. The summed E-state index contributed by atoms with van der Waals surface area (Å²) >= 11 is 3.14. The number of aromatic nitrogens is 3. The number of nitrogens with one attached hydrogen (secondary N) is 1. The summed E-state index contributed by atoms with van der Waals surface area (Å²) in [5, 5.41) is 6.31. The molecule has 0 aliphatic rings. The Kier molecular flexibility index (Phi) is 2.41. The zero-order valence-corrected chi connectivity index (χ0v) is 8.65. The second-order valence-electron chi connectivity index (χ2n) is 2.67. The number of H-pyrrole nitrogens is 1. The second-order valence-corrected chi connectivity index (χ2v) is 3.52. The molecule has 0 atom stereocenters. The lowest BCUT2D eigenvalue weighted by molar-refractivity contribution is 0.985. The molecule has 4 nitrogen and oxygen atoms in total. The van der Waals surface area contributed by atoms with Gasteiger partial charge in [-0.1, -0.05) is 0 Å². The van der Waals surface area contributed by atoms with Gasteiger partial charge >= 0.3 is 0 Å². The first-order valence-corrected chi connectivity index (χ1v) is 4.72. The molecule has 0 unspecified atom stereocenters. The fourth-order valence-electron chi connectivity index (χ4n) is 1.05. The largest absolute Gasteiger partial charge is 0.278 e. The van der Waals surface area contributed by atoms with Crippen LogP contribution in [0.5, 0.6) is 0 Å². The monoisotopic (exact) mass is 251 g/mol. The zero-order chi connectivity index (χ0) is 9.97. The maximum absolute atomic E-state index is 11.0. The van der Waals surface area contributed by atoms with Gasteiger partial charge in [-0.25, -0.2) is 5.10 Å². The fourth-order valence-corrected chi connectivity index (χ4v) is 1.36. The average Bonchev–Trinajstić information content (AvgIpc) is 2.23. The third-order valence-electron chi connectivity index (χ3n) is 1.73. The number of nitrogens with zero attached hydrogens (tertiary/aromatic N) is 2. The smallest absolute Gasteiger partial charge is 0.267 e. The Labute approximate surface area is 88.1 Å². The molecule has 70 valence electrons. The second kappa shape index (κ2) is 3.71. The van der Waals surface area contributed by atoms with Crippen LogP contribution in [0.15, 0.2) is 39.9 Å². The van der Waals surface area contributed by atoms with Crippen molar-refractivity contribution < 1.29 is 0 Å². The maximum atomic E-state index is 11.0. The van der Waals surface area contributed by atoms with E-state index in [1.165, 1.54) is 0 Å². The van der Waals surface area contributed by atoms with Gasteiger partial charge in [0.25, 0.3) is 5.56 Å². The topological polar surface area (TPSA) is 58.6 Å². The Bertz CT molecular complexity index is 495. The number of pyridine rings is 1. The number of rotatable bonds is 1. The molecule has 0 spiro atoms. The van der Waals surface area contributed by atoms with Gasteiger partial charge in [-0.15, -0.1) is 0 Å². The van der Waals surface area contributed by atoms with E-state index >= 15 is 0 Å². The van der Waals surface area contributed by atoms with Gasteiger partial charge in [0, 0.05) is 18.0 Å². The van der Waals surface area contributed by atoms with E-state index in [0.29, 0.717) is 10.2 Å². The highest BCUT2D eigenvalue weighted by Crippen LogP contribution is 2.15. The molecule has 0 fully saturated rings. The van der Waals surface area contributed by atoms with Crippen LogP contribution in [-0.2, 0) is 0 Å². The zero-order valence-electron chi connectivity index (χ0n) is 7.07. The van der Waals surface area contributed by atoms with Crippen LogP contribution in [0, 0.1) is 0 Å². The minimum Gasteiger partial charge on any atom is -0.267 e. The molecule has 0 aliphatic carbocycles. The van der Waals surface area contributed by atoms with E-state index in [-0.39, 0.29) is 5.56 Å². The molecular formula is C9H6BrN3O. The molecule has 2 aromatic rings. The average molecular weight is 252 g/mol. The number of hydrogen-bond donors (Lipinski definition) is 1. The molecule has 5 heteroatoms. The molecule has 0 saturated carbocycles. The molecule has 0 saturated heterocycles. The standard InChI is InChI=1S/C9H6BrN3O/c10-7-5-8(12-13-9(7)14)6-1-3-11-4-2-6/h1-5H,(H,13,14). The summed E-state index contributed by atoms with van der Waals surface area (Å²) in [6.45, 7) is 0. The lowest BCUT2D eigenvalue weighted by Gasteiger charge is -1.98. The third kappa shape index (κ3) is 1.72. The minimum atomic E-state index is -0.234. The van der Waals surface area contributed by atoms with Gasteiger partial charge in [0.15, 0.2) is 0 Å². The van der Waals surface area contributed by atoms with E-state index in [1.807, 2.05) is 12.1 Å². The van der Waals surface area contributed by atoms with Gasteiger partial charge in [0.1, 0.15) is 0 Å².